The lowest BCUT2D eigenvalue weighted by Gasteiger charge is -2.36. The molecular weight excluding hydrogens is 178 g/mol. The minimum Gasteiger partial charge on any atom is -0.396 e. The Morgan fingerprint density at radius 2 is 1.86 bits per heavy atom. The zero-order valence-electron chi connectivity index (χ0n) is 9.00. The molecule has 0 spiro atoms. The van der Waals surface area contributed by atoms with Gasteiger partial charge in [-0.15, -0.1) is 0 Å². The van der Waals surface area contributed by atoms with Crippen LogP contribution in [-0.2, 0) is 4.74 Å². The predicted octanol–water partition coefficient (Wildman–Crippen LogP) is 1.44. The Morgan fingerprint density at radius 1 is 1.14 bits per heavy atom. The fourth-order valence-electron chi connectivity index (χ4n) is 2.11. The van der Waals surface area contributed by atoms with E-state index in [4.69, 9.17) is 15.6 Å². The molecule has 3 nitrogen and oxygen atoms in total. The second-order valence-electron chi connectivity index (χ2n) is 4.23. The molecule has 3 N–H and O–H groups in total. The van der Waals surface area contributed by atoms with Crippen molar-refractivity contribution in [3.05, 3.63) is 0 Å². The molecule has 0 aromatic rings. The van der Waals surface area contributed by atoms with Crippen LogP contribution in [0, 0.1) is 0 Å². The number of ether oxygens (including phenoxy) is 1. The highest BCUT2D eigenvalue weighted by atomic mass is 16.5. The van der Waals surface area contributed by atoms with E-state index in [0.29, 0.717) is 6.54 Å². The minimum atomic E-state index is -0.0340. The molecule has 0 aliphatic heterocycles. The van der Waals surface area contributed by atoms with Crippen LogP contribution in [0.4, 0.5) is 0 Å². The third-order valence-electron chi connectivity index (χ3n) is 3.10. The molecule has 0 bridgehead atoms. The summed E-state index contributed by atoms with van der Waals surface area (Å²) in [4.78, 5) is 0. The lowest BCUT2D eigenvalue weighted by Crippen LogP contribution is -2.42. The van der Waals surface area contributed by atoms with Crippen LogP contribution < -0.4 is 5.73 Å². The van der Waals surface area contributed by atoms with Crippen LogP contribution in [0.3, 0.4) is 0 Å². The van der Waals surface area contributed by atoms with E-state index in [0.717, 1.165) is 32.3 Å². The monoisotopic (exact) mass is 201 g/mol. The van der Waals surface area contributed by atoms with Crippen molar-refractivity contribution in [2.24, 2.45) is 5.73 Å². The Morgan fingerprint density at radius 3 is 2.43 bits per heavy atom. The van der Waals surface area contributed by atoms with Crippen molar-refractivity contribution >= 4 is 0 Å². The summed E-state index contributed by atoms with van der Waals surface area (Å²) in [5.41, 5.74) is 5.74. The molecule has 0 aromatic carbocycles. The van der Waals surface area contributed by atoms with Crippen LogP contribution in [-0.4, -0.2) is 30.5 Å². The number of hydrogen-bond acceptors (Lipinski definition) is 3. The second-order valence-corrected chi connectivity index (χ2v) is 4.23. The number of aliphatic hydroxyl groups is 1. The average molecular weight is 201 g/mol. The third-order valence-corrected chi connectivity index (χ3v) is 3.10. The Hall–Kier alpha value is -0.120. The highest BCUT2D eigenvalue weighted by Gasteiger charge is 2.30. The number of rotatable bonds is 6. The van der Waals surface area contributed by atoms with Gasteiger partial charge in [-0.05, 0) is 25.7 Å². The first kappa shape index (κ1) is 12.0. The van der Waals surface area contributed by atoms with E-state index in [1.54, 1.807) is 0 Å². The van der Waals surface area contributed by atoms with Crippen molar-refractivity contribution in [1.29, 1.82) is 0 Å². The van der Waals surface area contributed by atoms with Gasteiger partial charge in [0.25, 0.3) is 0 Å². The van der Waals surface area contributed by atoms with Crippen LogP contribution >= 0.6 is 0 Å². The Kier molecular flexibility index (Phi) is 5.45. The normalized spacial score (nSPS) is 21.0. The molecule has 1 aliphatic rings. The first-order chi connectivity index (χ1) is 6.83. The van der Waals surface area contributed by atoms with Gasteiger partial charge in [-0.2, -0.15) is 0 Å². The highest BCUT2D eigenvalue weighted by molar-refractivity contribution is 4.85. The number of nitrogens with two attached hydrogens (primary N) is 1. The summed E-state index contributed by atoms with van der Waals surface area (Å²) in [5, 5.41) is 8.64. The lowest BCUT2D eigenvalue weighted by atomic mass is 9.84. The maximum absolute atomic E-state index is 8.64. The summed E-state index contributed by atoms with van der Waals surface area (Å²) >= 11 is 0. The summed E-state index contributed by atoms with van der Waals surface area (Å²) in [7, 11) is 0. The second kappa shape index (κ2) is 6.38. The molecule has 1 saturated carbocycles. The maximum atomic E-state index is 8.64. The molecule has 0 saturated heterocycles. The van der Waals surface area contributed by atoms with Gasteiger partial charge in [0.05, 0.1) is 5.60 Å². The van der Waals surface area contributed by atoms with Crippen LogP contribution in [0.15, 0.2) is 0 Å². The van der Waals surface area contributed by atoms with Crippen LogP contribution in [0.1, 0.15) is 44.9 Å². The Labute approximate surface area is 86.6 Å². The largest absolute Gasteiger partial charge is 0.396 e. The van der Waals surface area contributed by atoms with Crippen molar-refractivity contribution in [3.8, 4) is 0 Å². The first-order valence-corrected chi connectivity index (χ1v) is 5.78. The SMILES string of the molecule is NCC1(OCCCCO)CCCCC1. The van der Waals surface area contributed by atoms with E-state index in [2.05, 4.69) is 0 Å². The molecule has 1 rings (SSSR count). The zero-order valence-corrected chi connectivity index (χ0v) is 9.00. The highest BCUT2D eigenvalue weighted by Crippen LogP contribution is 2.30. The van der Waals surface area contributed by atoms with Crippen molar-refractivity contribution < 1.29 is 9.84 Å². The van der Waals surface area contributed by atoms with Crippen molar-refractivity contribution in [2.45, 2.75) is 50.5 Å². The smallest absolute Gasteiger partial charge is 0.0804 e. The summed E-state index contributed by atoms with van der Waals surface area (Å²) < 4.78 is 5.89. The van der Waals surface area contributed by atoms with Gasteiger partial charge in [-0.25, -0.2) is 0 Å². The fraction of sp³-hybridized carbons (Fsp3) is 1.00. The van der Waals surface area contributed by atoms with E-state index in [1.807, 2.05) is 0 Å². The van der Waals surface area contributed by atoms with E-state index < -0.39 is 0 Å². The summed E-state index contributed by atoms with van der Waals surface area (Å²) in [6.45, 7) is 1.66. The number of aliphatic hydroxyl groups excluding tert-OH is 1. The van der Waals surface area contributed by atoms with Gasteiger partial charge in [-0.3, -0.25) is 0 Å². The van der Waals surface area contributed by atoms with Crippen LogP contribution in [0.2, 0.25) is 0 Å². The summed E-state index contributed by atoms with van der Waals surface area (Å²) in [6, 6.07) is 0. The molecular formula is C11H23NO2. The molecule has 0 aromatic heterocycles. The summed E-state index contributed by atoms with van der Waals surface area (Å²) in [6.07, 6.45) is 7.82. The molecule has 1 fully saturated rings. The Balaban J connectivity index is 2.22. The van der Waals surface area contributed by atoms with Gasteiger partial charge in [0.15, 0.2) is 0 Å². The molecule has 1 aliphatic carbocycles. The fourth-order valence-corrected chi connectivity index (χ4v) is 2.11. The van der Waals surface area contributed by atoms with E-state index in [-0.39, 0.29) is 12.2 Å². The van der Waals surface area contributed by atoms with Gasteiger partial charge in [0, 0.05) is 19.8 Å². The van der Waals surface area contributed by atoms with Crippen molar-refractivity contribution in [3.63, 3.8) is 0 Å². The molecule has 84 valence electrons. The quantitative estimate of drug-likeness (QED) is 0.639. The molecule has 0 amide bonds. The minimum absolute atomic E-state index is 0.0340. The molecule has 14 heavy (non-hydrogen) atoms. The van der Waals surface area contributed by atoms with Gasteiger partial charge < -0.3 is 15.6 Å². The number of hydrogen-bond donors (Lipinski definition) is 2. The predicted molar refractivity (Wildman–Crippen MR) is 57.1 cm³/mol. The molecule has 0 atom stereocenters. The lowest BCUT2D eigenvalue weighted by molar-refractivity contribution is -0.0649. The van der Waals surface area contributed by atoms with Crippen molar-refractivity contribution in [1.82, 2.24) is 0 Å². The van der Waals surface area contributed by atoms with Gasteiger partial charge in [-0.1, -0.05) is 19.3 Å². The van der Waals surface area contributed by atoms with E-state index in [1.165, 1.54) is 19.3 Å². The summed E-state index contributed by atoms with van der Waals surface area (Å²) in [5.74, 6) is 0. The molecule has 0 radical (unpaired) electrons. The van der Waals surface area contributed by atoms with Gasteiger partial charge in [0.2, 0.25) is 0 Å². The van der Waals surface area contributed by atoms with Gasteiger partial charge >= 0.3 is 0 Å². The van der Waals surface area contributed by atoms with Crippen molar-refractivity contribution in [2.75, 3.05) is 19.8 Å². The Bertz CT molecular complexity index is 144. The van der Waals surface area contributed by atoms with Crippen LogP contribution in [0.5, 0.6) is 0 Å². The molecule has 0 unspecified atom stereocenters. The van der Waals surface area contributed by atoms with E-state index >= 15 is 0 Å². The number of unbranched alkanes of at least 4 members (excludes halogenated alkanes) is 1. The topological polar surface area (TPSA) is 55.5 Å². The van der Waals surface area contributed by atoms with E-state index in [9.17, 15) is 0 Å². The molecule has 0 heterocycles. The maximum Gasteiger partial charge on any atom is 0.0804 e. The van der Waals surface area contributed by atoms with Gasteiger partial charge in [0.1, 0.15) is 0 Å². The average Bonchev–Trinajstić information content (AvgIpc) is 2.26. The standard InChI is InChI=1S/C11H23NO2/c12-10-11(6-2-1-3-7-11)14-9-5-4-8-13/h13H,1-10,12H2. The third kappa shape index (κ3) is 3.56. The first-order valence-electron chi connectivity index (χ1n) is 5.78. The van der Waals surface area contributed by atoms with Crippen LogP contribution in [0.25, 0.3) is 0 Å². The zero-order chi connectivity index (χ0) is 10.3. The molecule has 3 heteroatoms.